The van der Waals surface area contributed by atoms with Crippen LogP contribution in [0.15, 0.2) is 0 Å². The third-order valence-electron chi connectivity index (χ3n) is 3.23. The molecule has 3 unspecified atom stereocenters. The Hall–Kier alpha value is -1.06. The summed E-state index contributed by atoms with van der Waals surface area (Å²) in [7, 11) is 0. The van der Waals surface area contributed by atoms with Crippen LogP contribution in [0.25, 0.3) is 0 Å². The summed E-state index contributed by atoms with van der Waals surface area (Å²) in [6.07, 6.45) is 3.21. The van der Waals surface area contributed by atoms with E-state index in [9.17, 15) is 9.59 Å². The van der Waals surface area contributed by atoms with Gasteiger partial charge in [0.2, 0.25) is 11.8 Å². The van der Waals surface area contributed by atoms with Crippen LogP contribution >= 0.6 is 0 Å². The van der Waals surface area contributed by atoms with E-state index in [4.69, 9.17) is 5.73 Å². The quantitative estimate of drug-likeness (QED) is 0.721. The number of hydrogen-bond donors (Lipinski definition) is 2. The van der Waals surface area contributed by atoms with Crippen LogP contribution in [0.4, 0.5) is 0 Å². The summed E-state index contributed by atoms with van der Waals surface area (Å²) in [5, 5.41) is 2.59. The first-order chi connectivity index (χ1) is 7.00. The van der Waals surface area contributed by atoms with Gasteiger partial charge >= 0.3 is 0 Å². The van der Waals surface area contributed by atoms with Crippen LogP contribution in [0.1, 0.15) is 33.1 Å². The second kappa shape index (κ2) is 5.14. The van der Waals surface area contributed by atoms with E-state index >= 15 is 0 Å². The van der Waals surface area contributed by atoms with Crippen LogP contribution in [-0.2, 0) is 9.59 Å². The standard InChI is InChI=1S/C11H20N2O2/c1-7-3-4-8(2)9(5-7)11(15)13-6-10(12)14/h7-9H,3-6H2,1-2H3,(H2,12,14)(H,13,15). The predicted molar refractivity (Wildman–Crippen MR) is 57.9 cm³/mol. The average Bonchev–Trinajstić information content (AvgIpc) is 2.18. The molecule has 4 nitrogen and oxygen atoms in total. The van der Waals surface area contributed by atoms with Crippen LogP contribution in [0.2, 0.25) is 0 Å². The maximum atomic E-state index is 11.7. The largest absolute Gasteiger partial charge is 0.368 e. The van der Waals surface area contributed by atoms with E-state index in [0.29, 0.717) is 11.8 Å². The minimum Gasteiger partial charge on any atom is -0.368 e. The van der Waals surface area contributed by atoms with E-state index in [1.807, 2.05) is 0 Å². The monoisotopic (exact) mass is 212 g/mol. The summed E-state index contributed by atoms with van der Waals surface area (Å²) in [6, 6.07) is 0. The lowest BCUT2D eigenvalue weighted by atomic mass is 9.75. The van der Waals surface area contributed by atoms with Crippen molar-refractivity contribution >= 4 is 11.8 Å². The number of carbonyl (C=O) groups is 2. The van der Waals surface area contributed by atoms with E-state index in [1.54, 1.807) is 0 Å². The molecule has 0 aromatic rings. The Morgan fingerprint density at radius 3 is 2.60 bits per heavy atom. The van der Waals surface area contributed by atoms with Crippen LogP contribution in [0, 0.1) is 17.8 Å². The third-order valence-corrected chi connectivity index (χ3v) is 3.23. The first-order valence-electron chi connectivity index (χ1n) is 5.56. The first-order valence-corrected chi connectivity index (χ1v) is 5.56. The Balaban J connectivity index is 2.45. The molecule has 86 valence electrons. The van der Waals surface area contributed by atoms with Gasteiger partial charge in [-0.25, -0.2) is 0 Å². The smallest absolute Gasteiger partial charge is 0.236 e. The maximum Gasteiger partial charge on any atom is 0.236 e. The van der Waals surface area contributed by atoms with Gasteiger partial charge in [-0.1, -0.05) is 20.3 Å². The Morgan fingerprint density at radius 2 is 2.00 bits per heavy atom. The highest BCUT2D eigenvalue weighted by Crippen LogP contribution is 2.33. The van der Waals surface area contributed by atoms with Gasteiger partial charge in [0.15, 0.2) is 0 Å². The minimum absolute atomic E-state index is 0.0205. The van der Waals surface area contributed by atoms with E-state index in [-0.39, 0.29) is 18.4 Å². The third kappa shape index (κ3) is 3.53. The molecule has 0 aromatic carbocycles. The van der Waals surface area contributed by atoms with Gasteiger partial charge in [-0.3, -0.25) is 9.59 Å². The van der Waals surface area contributed by atoms with Gasteiger partial charge < -0.3 is 11.1 Å². The molecule has 1 aliphatic rings. The summed E-state index contributed by atoms with van der Waals surface area (Å²) >= 11 is 0. The highest BCUT2D eigenvalue weighted by Gasteiger charge is 2.30. The number of hydrogen-bond acceptors (Lipinski definition) is 2. The van der Waals surface area contributed by atoms with Crippen molar-refractivity contribution in [1.29, 1.82) is 0 Å². The molecule has 0 aliphatic heterocycles. The summed E-state index contributed by atoms with van der Waals surface area (Å²) in [5.74, 6) is 0.556. The minimum atomic E-state index is -0.486. The molecule has 4 heteroatoms. The van der Waals surface area contributed by atoms with Crippen molar-refractivity contribution in [2.45, 2.75) is 33.1 Å². The van der Waals surface area contributed by atoms with Crippen molar-refractivity contribution in [2.75, 3.05) is 6.54 Å². The number of carbonyl (C=O) groups excluding carboxylic acids is 2. The average molecular weight is 212 g/mol. The van der Waals surface area contributed by atoms with Crippen LogP contribution < -0.4 is 11.1 Å². The zero-order valence-electron chi connectivity index (χ0n) is 9.45. The SMILES string of the molecule is CC1CCC(C)C(C(=O)NCC(N)=O)C1. The molecule has 0 aromatic heterocycles. The van der Waals surface area contributed by atoms with Crippen LogP contribution in [0.5, 0.6) is 0 Å². The molecular weight excluding hydrogens is 192 g/mol. The van der Waals surface area contributed by atoms with E-state index < -0.39 is 5.91 Å². The van der Waals surface area contributed by atoms with Gasteiger partial charge in [0.05, 0.1) is 6.54 Å². The van der Waals surface area contributed by atoms with E-state index in [1.165, 1.54) is 6.42 Å². The van der Waals surface area contributed by atoms with Crippen LogP contribution in [-0.4, -0.2) is 18.4 Å². The van der Waals surface area contributed by atoms with Gasteiger partial charge in [-0.15, -0.1) is 0 Å². The molecule has 0 heterocycles. The lowest BCUT2D eigenvalue weighted by Gasteiger charge is -2.31. The molecule has 3 atom stereocenters. The molecule has 0 saturated heterocycles. The molecule has 0 bridgehead atoms. The van der Waals surface area contributed by atoms with Gasteiger partial charge in [0.1, 0.15) is 0 Å². The molecule has 2 amide bonds. The zero-order valence-corrected chi connectivity index (χ0v) is 9.45. The van der Waals surface area contributed by atoms with Gasteiger partial charge in [0, 0.05) is 5.92 Å². The highest BCUT2D eigenvalue weighted by atomic mass is 16.2. The molecule has 15 heavy (non-hydrogen) atoms. The van der Waals surface area contributed by atoms with Crippen molar-refractivity contribution in [3.63, 3.8) is 0 Å². The molecule has 1 rings (SSSR count). The second-order valence-corrected chi connectivity index (χ2v) is 4.69. The number of nitrogens with one attached hydrogen (secondary N) is 1. The summed E-state index contributed by atoms with van der Waals surface area (Å²) in [4.78, 5) is 22.3. The summed E-state index contributed by atoms with van der Waals surface area (Å²) in [6.45, 7) is 4.22. The Morgan fingerprint density at radius 1 is 1.33 bits per heavy atom. The molecule has 1 aliphatic carbocycles. The molecule has 1 saturated carbocycles. The molecule has 3 N–H and O–H groups in total. The summed E-state index contributed by atoms with van der Waals surface area (Å²) < 4.78 is 0. The molecular formula is C11H20N2O2. The van der Waals surface area contributed by atoms with E-state index in [0.717, 1.165) is 12.8 Å². The van der Waals surface area contributed by atoms with Crippen molar-refractivity contribution in [3.05, 3.63) is 0 Å². The number of rotatable bonds is 3. The number of primary amides is 1. The lowest BCUT2D eigenvalue weighted by molar-refractivity contribution is -0.130. The highest BCUT2D eigenvalue weighted by molar-refractivity contribution is 5.85. The van der Waals surface area contributed by atoms with Gasteiger partial charge in [-0.05, 0) is 24.7 Å². The zero-order chi connectivity index (χ0) is 11.4. The summed E-state index contributed by atoms with van der Waals surface area (Å²) in [5.41, 5.74) is 4.98. The number of amides is 2. The predicted octanol–water partition coefficient (Wildman–Crippen LogP) is 0.660. The van der Waals surface area contributed by atoms with Crippen molar-refractivity contribution < 1.29 is 9.59 Å². The molecule has 1 fully saturated rings. The fraction of sp³-hybridized carbons (Fsp3) is 0.818. The Bertz CT molecular complexity index is 253. The van der Waals surface area contributed by atoms with Crippen molar-refractivity contribution in [3.8, 4) is 0 Å². The maximum absolute atomic E-state index is 11.7. The molecule has 0 radical (unpaired) electrons. The topological polar surface area (TPSA) is 72.2 Å². The fourth-order valence-electron chi connectivity index (χ4n) is 2.20. The Labute approximate surface area is 90.6 Å². The van der Waals surface area contributed by atoms with Gasteiger partial charge in [0.25, 0.3) is 0 Å². The molecule has 0 spiro atoms. The first kappa shape index (κ1) is 12.0. The van der Waals surface area contributed by atoms with Gasteiger partial charge in [-0.2, -0.15) is 0 Å². The second-order valence-electron chi connectivity index (χ2n) is 4.69. The van der Waals surface area contributed by atoms with Crippen molar-refractivity contribution in [1.82, 2.24) is 5.32 Å². The Kier molecular flexibility index (Phi) is 4.12. The lowest BCUT2D eigenvalue weighted by Crippen LogP contribution is -2.41. The van der Waals surface area contributed by atoms with E-state index in [2.05, 4.69) is 19.2 Å². The normalized spacial score (nSPS) is 30.9. The fourth-order valence-corrected chi connectivity index (χ4v) is 2.20. The number of nitrogens with two attached hydrogens (primary N) is 1. The van der Waals surface area contributed by atoms with Crippen LogP contribution in [0.3, 0.4) is 0 Å². The van der Waals surface area contributed by atoms with Crippen molar-refractivity contribution in [2.24, 2.45) is 23.5 Å².